The molecule has 2 N–H and O–H groups in total. The van der Waals surface area contributed by atoms with Crippen LogP contribution in [-0.2, 0) is 17.8 Å². The van der Waals surface area contributed by atoms with Gasteiger partial charge in [0.2, 0.25) is 5.91 Å². The van der Waals surface area contributed by atoms with Crippen molar-refractivity contribution in [2.75, 3.05) is 0 Å². The monoisotopic (exact) mass is 375 g/mol. The van der Waals surface area contributed by atoms with E-state index >= 15 is 0 Å². The molecule has 1 aliphatic rings. The summed E-state index contributed by atoms with van der Waals surface area (Å²) in [4.78, 5) is 25.7. The number of carbonyl (C=O) groups is 2. The number of thiophene rings is 1. The first kappa shape index (κ1) is 18.6. The molecule has 0 radical (unpaired) electrons. The third-order valence-electron chi connectivity index (χ3n) is 4.61. The number of fused-ring (bicyclic) bond motifs is 1. The van der Waals surface area contributed by atoms with E-state index in [-0.39, 0.29) is 23.8 Å². The summed E-state index contributed by atoms with van der Waals surface area (Å²) in [6.07, 6.45) is 3.16. The first-order valence-corrected chi connectivity index (χ1v) is 9.92. The van der Waals surface area contributed by atoms with E-state index in [1.54, 1.807) is 6.07 Å². The predicted octanol–water partition coefficient (Wildman–Crippen LogP) is 2.31. The number of amides is 2. The molecule has 0 saturated carbocycles. The van der Waals surface area contributed by atoms with E-state index in [4.69, 9.17) is 0 Å². The normalized spacial score (nSPS) is 16.0. The molecule has 7 nitrogen and oxygen atoms in total. The summed E-state index contributed by atoms with van der Waals surface area (Å²) in [5, 5.41) is 16.2. The Morgan fingerprint density at radius 1 is 1.19 bits per heavy atom. The maximum Gasteiger partial charge on any atom is 0.262 e. The molecule has 2 atom stereocenters. The summed E-state index contributed by atoms with van der Waals surface area (Å²) in [6, 6.07) is 2.71. The molecule has 26 heavy (non-hydrogen) atoms. The van der Waals surface area contributed by atoms with Crippen LogP contribution < -0.4 is 10.6 Å². The molecule has 2 unspecified atom stereocenters. The predicted molar refractivity (Wildman–Crippen MR) is 99.9 cm³/mol. The molecule has 8 heteroatoms. The number of aryl methyl sites for hydroxylation is 1. The number of nitrogens with zero attached hydrogens (tertiary/aromatic N) is 3. The van der Waals surface area contributed by atoms with Crippen LogP contribution in [0.2, 0.25) is 0 Å². The Hall–Kier alpha value is -2.22. The Morgan fingerprint density at radius 2 is 2.00 bits per heavy atom. The van der Waals surface area contributed by atoms with Gasteiger partial charge in [-0.3, -0.25) is 9.59 Å². The SMILES string of the molecule is CC(NC(=O)C(NC(=O)c1cccs1)C(C)C)c1nnc2n1CCCC2. The standard InChI is InChI=1S/C18H25N5O2S/c1-11(2)15(20-17(24)13-7-6-10-26-13)18(25)19-12(3)16-22-21-14-8-4-5-9-23(14)16/h6-7,10-12,15H,4-5,8-9H2,1-3H3,(H,19,25)(H,20,24). The first-order valence-electron chi connectivity index (χ1n) is 9.04. The van der Waals surface area contributed by atoms with Gasteiger partial charge in [-0.05, 0) is 37.1 Å². The van der Waals surface area contributed by atoms with Crippen LogP contribution in [-0.4, -0.2) is 32.6 Å². The van der Waals surface area contributed by atoms with E-state index in [9.17, 15) is 9.59 Å². The molecule has 1 aliphatic heterocycles. The molecule has 3 heterocycles. The van der Waals surface area contributed by atoms with Crippen LogP contribution in [0.15, 0.2) is 17.5 Å². The van der Waals surface area contributed by atoms with Crippen LogP contribution in [0.4, 0.5) is 0 Å². The molecule has 2 amide bonds. The van der Waals surface area contributed by atoms with Crippen molar-refractivity contribution in [3.05, 3.63) is 34.0 Å². The van der Waals surface area contributed by atoms with E-state index < -0.39 is 6.04 Å². The highest BCUT2D eigenvalue weighted by Gasteiger charge is 2.28. The zero-order valence-corrected chi connectivity index (χ0v) is 16.2. The van der Waals surface area contributed by atoms with E-state index in [2.05, 4.69) is 25.4 Å². The smallest absolute Gasteiger partial charge is 0.262 e. The second-order valence-corrected chi connectivity index (χ2v) is 7.93. The Kier molecular flexibility index (Phi) is 5.70. The number of hydrogen-bond acceptors (Lipinski definition) is 5. The third-order valence-corrected chi connectivity index (χ3v) is 5.48. The van der Waals surface area contributed by atoms with Crippen LogP contribution in [0, 0.1) is 5.92 Å². The average molecular weight is 375 g/mol. The average Bonchev–Trinajstić information content (AvgIpc) is 3.28. The van der Waals surface area contributed by atoms with Gasteiger partial charge in [0, 0.05) is 13.0 Å². The molecule has 0 bridgehead atoms. The van der Waals surface area contributed by atoms with Gasteiger partial charge in [-0.1, -0.05) is 19.9 Å². The van der Waals surface area contributed by atoms with Crippen molar-refractivity contribution in [3.63, 3.8) is 0 Å². The Labute approximate surface area is 157 Å². The lowest BCUT2D eigenvalue weighted by Crippen LogP contribution is -2.50. The molecule has 3 rings (SSSR count). The molecular weight excluding hydrogens is 350 g/mol. The second-order valence-electron chi connectivity index (χ2n) is 6.99. The summed E-state index contributed by atoms with van der Waals surface area (Å²) >= 11 is 1.36. The lowest BCUT2D eigenvalue weighted by molar-refractivity contribution is -0.124. The zero-order valence-electron chi connectivity index (χ0n) is 15.4. The lowest BCUT2D eigenvalue weighted by atomic mass is 10.0. The maximum atomic E-state index is 12.8. The van der Waals surface area contributed by atoms with Gasteiger partial charge in [-0.25, -0.2) is 0 Å². The maximum absolute atomic E-state index is 12.8. The molecule has 0 aromatic carbocycles. The summed E-state index contributed by atoms with van der Waals surface area (Å²) in [5.74, 6) is 1.31. The minimum Gasteiger partial charge on any atom is -0.345 e. The molecule has 0 aliphatic carbocycles. The quantitative estimate of drug-likeness (QED) is 0.811. The van der Waals surface area contributed by atoms with Crippen molar-refractivity contribution in [2.24, 2.45) is 5.92 Å². The van der Waals surface area contributed by atoms with Crippen molar-refractivity contribution in [1.29, 1.82) is 0 Å². The van der Waals surface area contributed by atoms with Gasteiger partial charge in [-0.2, -0.15) is 0 Å². The summed E-state index contributed by atoms with van der Waals surface area (Å²) in [6.45, 7) is 6.63. The van der Waals surface area contributed by atoms with Crippen molar-refractivity contribution < 1.29 is 9.59 Å². The van der Waals surface area contributed by atoms with Gasteiger partial charge in [0.05, 0.1) is 10.9 Å². The minimum absolute atomic E-state index is 0.0292. The van der Waals surface area contributed by atoms with Crippen molar-refractivity contribution in [2.45, 2.75) is 58.7 Å². The highest BCUT2D eigenvalue weighted by atomic mass is 32.1. The molecule has 0 spiro atoms. The minimum atomic E-state index is -0.601. The highest BCUT2D eigenvalue weighted by Crippen LogP contribution is 2.19. The lowest BCUT2D eigenvalue weighted by Gasteiger charge is -2.24. The van der Waals surface area contributed by atoms with Gasteiger partial charge in [0.25, 0.3) is 5.91 Å². The van der Waals surface area contributed by atoms with Crippen LogP contribution in [0.3, 0.4) is 0 Å². The van der Waals surface area contributed by atoms with Crippen LogP contribution in [0.5, 0.6) is 0 Å². The Morgan fingerprint density at radius 3 is 2.69 bits per heavy atom. The van der Waals surface area contributed by atoms with Gasteiger partial charge in [0.15, 0.2) is 5.82 Å². The van der Waals surface area contributed by atoms with Gasteiger partial charge < -0.3 is 15.2 Å². The van der Waals surface area contributed by atoms with Crippen molar-refractivity contribution >= 4 is 23.2 Å². The summed E-state index contributed by atoms with van der Waals surface area (Å²) in [7, 11) is 0. The topological polar surface area (TPSA) is 88.9 Å². The molecular formula is C18H25N5O2S. The summed E-state index contributed by atoms with van der Waals surface area (Å²) < 4.78 is 2.10. The van der Waals surface area contributed by atoms with E-state index in [0.717, 1.165) is 37.5 Å². The van der Waals surface area contributed by atoms with Crippen LogP contribution in [0.25, 0.3) is 0 Å². The second kappa shape index (κ2) is 7.99. The van der Waals surface area contributed by atoms with Crippen molar-refractivity contribution in [1.82, 2.24) is 25.4 Å². The fourth-order valence-corrected chi connectivity index (χ4v) is 3.80. The number of rotatable bonds is 6. The number of aromatic nitrogens is 3. The van der Waals surface area contributed by atoms with Crippen LogP contribution in [0.1, 0.15) is 61.0 Å². The van der Waals surface area contributed by atoms with E-state index in [1.165, 1.54) is 11.3 Å². The van der Waals surface area contributed by atoms with Crippen molar-refractivity contribution in [3.8, 4) is 0 Å². The van der Waals surface area contributed by atoms with Crippen LogP contribution >= 0.6 is 11.3 Å². The van der Waals surface area contributed by atoms with Gasteiger partial charge in [0.1, 0.15) is 11.9 Å². The highest BCUT2D eigenvalue weighted by molar-refractivity contribution is 7.12. The molecule has 0 saturated heterocycles. The Bertz CT molecular complexity index is 769. The molecule has 2 aromatic heterocycles. The third kappa shape index (κ3) is 3.95. The molecule has 140 valence electrons. The van der Waals surface area contributed by atoms with Gasteiger partial charge >= 0.3 is 0 Å². The summed E-state index contributed by atoms with van der Waals surface area (Å²) in [5.41, 5.74) is 0. The zero-order chi connectivity index (χ0) is 18.7. The molecule has 2 aromatic rings. The number of nitrogens with one attached hydrogen (secondary N) is 2. The number of hydrogen-bond donors (Lipinski definition) is 2. The fourth-order valence-electron chi connectivity index (χ4n) is 3.17. The molecule has 0 fully saturated rings. The fraction of sp³-hybridized carbons (Fsp3) is 0.556. The van der Waals surface area contributed by atoms with E-state index in [1.807, 2.05) is 32.2 Å². The van der Waals surface area contributed by atoms with E-state index in [0.29, 0.717) is 4.88 Å². The largest absolute Gasteiger partial charge is 0.345 e. The van der Waals surface area contributed by atoms with Gasteiger partial charge in [-0.15, -0.1) is 21.5 Å². The first-order chi connectivity index (χ1) is 12.5. The number of carbonyl (C=O) groups excluding carboxylic acids is 2. The Balaban J connectivity index is 1.68.